The number of aromatic carboxylic acids is 1. The summed E-state index contributed by atoms with van der Waals surface area (Å²) in [6.07, 6.45) is 0. The maximum absolute atomic E-state index is 15.1. The zero-order chi connectivity index (χ0) is 22.7. The molecular weight excluding hydrogens is 405 g/mol. The summed E-state index contributed by atoms with van der Waals surface area (Å²) in [7, 11) is 1.65. The number of ether oxygens (including phenoxy) is 1. The minimum Gasteiger partial charge on any atom is -0.497 e. The highest BCUT2D eigenvalue weighted by molar-refractivity contribution is 5.99. The van der Waals surface area contributed by atoms with E-state index in [0.717, 1.165) is 27.6 Å². The van der Waals surface area contributed by atoms with Gasteiger partial charge in [0.2, 0.25) is 0 Å². The summed E-state index contributed by atoms with van der Waals surface area (Å²) in [4.78, 5) is 11.4. The number of halogens is 1. The summed E-state index contributed by atoms with van der Waals surface area (Å²) in [5.74, 6) is -1.20. The number of carboxylic acids is 1. The van der Waals surface area contributed by atoms with Crippen LogP contribution in [0.4, 0.5) is 4.39 Å². The molecule has 4 rings (SSSR count). The molecule has 1 unspecified atom stereocenters. The van der Waals surface area contributed by atoms with Gasteiger partial charge in [-0.1, -0.05) is 48.5 Å². The Morgan fingerprint density at radius 1 is 1.00 bits per heavy atom. The number of benzene rings is 4. The molecule has 0 saturated heterocycles. The fourth-order valence-corrected chi connectivity index (χ4v) is 3.90. The molecule has 4 nitrogen and oxygen atoms in total. The molecule has 0 bridgehead atoms. The summed E-state index contributed by atoms with van der Waals surface area (Å²) < 4.78 is 20.4. The molecule has 32 heavy (non-hydrogen) atoms. The van der Waals surface area contributed by atoms with Crippen LogP contribution in [0, 0.1) is 5.82 Å². The van der Waals surface area contributed by atoms with Gasteiger partial charge in [0.05, 0.1) is 12.7 Å². The lowest BCUT2D eigenvalue weighted by Crippen LogP contribution is -2.18. The Bertz CT molecular complexity index is 1290. The third-order valence-corrected chi connectivity index (χ3v) is 5.65. The van der Waals surface area contributed by atoms with Gasteiger partial charge < -0.3 is 15.2 Å². The molecule has 1 atom stereocenters. The number of carbonyl (C=O) groups is 1. The molecule has 0 spiro atoms. The van der Waals surface area contributed by atoms with Gasteiger partial charge in [0.15, 0.2) is 0 Å². The van der Waals surface area contributed by atoms with E-state index in [-0.39, 0.29) is 17.2 Å². The number of fused-ring (bicyclic) bond motifs is 1. The Labute approximate surface area is 186 Å². The summed E-state index contributed by atoms with van der Waals surface area (Å²) >= 11 is 0. The average molecular weight is 429 g/mol. The summed E-state index contributed by atoms with van der Waals surface area (Å²) in [6.45, 7) is 2.64. The lowest BCUT2D eigenvalue weighted by atomic mass is 9.94. The quantitative estimate of drug-likeness (QED) is 0.367. The van der Waals surface area contributed by atoms with E-state index < -0.39 is 11.8 Å². The molecule has 0 aliphatic heterocycles. The van der Waals surface area contributed by atoms with Crippen molar-refractivity contribution in [3.8, 4) is 16.9 Å². The molecule has 4 aromatic rings. The van der Waals surface area contributed by atoms with Gasteiger partial charge in [0.1, 0.15) is 11.6 Å². The van der Waals surface area contributed by atoms with Crippen molar-refractivity contribution in [1.29, 1.82) is 0 Å². The van der Waals surface area contributed by atoms with Crippen molar-refractivity contribution in [2.24, 2.45) is 0 Å². The average Bonchev–Trinajstić information content (AvgIpc) is 2.82. The largest absolute Gasteiger partial charge is 0.497 e. The van der Waals surface area contributed by atoms with E-state index in [1.54, 1.807) is 19.2 Å². The van der Waals surface area contributed by atoms with Crippen LogP contribution >= 0.6 is 0 Å². The van der Waals surface area contributed by atoms with Crippen molar-refractivity contribution in [2.75, 3.05) is 7.11 Å². The molecule has 0 radical (unpaired) electrons. The van der Waals surface area contributed by atoms with Gasteiger partial charge in [-0.15, -0.1) is 0 Å². The number of carboxylic acid groups (broad SMARTS) is 1. The Balaban J connectivity index is 1.70. The van der Waals surface area contributed by atoms with Crippen molar-refractivity contribution in [3.63, 3.8) is 0 Å². The van der Waals surface area contributed by atoms with Gasteiger partial charge in [-0.2, -0.15) is 0 Å². The molecule has 2 N–H and O–H groups in total. The SMILES string of the molecule is COc1cccc(C(C)NCc2cc(-c3cccc(C(=O)O)c3F)c3ccccc3c2)c1. The van der Waals surface area contributed by atoms with Gasteiger partial charge in [-0.05, 0) is 64.7 Å². The van der Waals surface area contributed by atoms with E-state index in [9.17, 15) is 9.90 Å². The molecular formula is C27H24FNO3. The Morgan fingerprint density at radius 2 is 1.78 bits per heavy atom. The second-order valence-corrected chi connectivity index (χ2v) is 7.72. The lowest BCUT2D eigenvalue weighted by molar-refractivity contribution is 0.0692. The lowest BCUT2D eigenvalue weighted by Gasteiger charge is -2.17. The maximum Gasteiger partial charge on any atom is 0.338 e. The predicted molar refractivity (Wildman–Crippen MR) is 125 cm³/mol. The second-order valence-electron chi connectivity index (χ2n) is 7.72. The molecule has 0 fully saturated rings. The van der Waals surface area contributed by atoms with E-state index in [2.05, 4.69) is 18.3 Å². The normalized spacial score (nSPS) is 12.0. The second kappa shape index (κ2) is 9.20. The van der Waals surface area contributed by atoms with Crippen LogP contribution in [0.5, 0.6) is 5.75 Å². The zero-order valence-corrected chi connectivity index (χ0v) is 17.9. The van der Waals surface area contributed by atoms with Crippen LogP contribution in [0.25, 0.3) is 21.9 Å². The van der Waals surface area contributed by atoms with Crippen molar-refractivity contribution >= 4 is 16.7 Å². The van der Waals surface area contributed by atoms with Gasteiger partial charge >= 0.3 is 5.97 Å². The van der Waals surface area contributed by atoms with Gasteiger partial charge in [0, 0.05) is 18.2 Å². The van der Waals surface area contributed by atoms with E-state index in [0.29, 0.717) is 12.1 Å². The topological polar surface area (TPSA) is 58.6 Å². The highest BCUT2D eigenvalue weighted by atomic mass is 19.1. The van der Waals surface area contributed by atoms with Crippen LogP contribution in [0.1, 0.15) is 34.5 Å². The third-order valence-electron chi connectivity index (χ3n) is 5.65. The summed E-state index contributed by atoms with van der Waals surface area (Å²) in [6, 6.07) is 24.2. The molecule has 0 aliphatic carbocycles. The molecule has 5 heteroatoms. The Morgan fingerprint density at radius 3 is 2.56 bits per heavy atom. The predicted octanol–water partition coefficient (Wildman–Crippen LogP) is 6.20. The van der Waals surface area contributed by atoms with Crippen LogP contribution in [0.2, 0.25) is 0 Å². The van der Waals surface area contributed by atoms with Crippen LogP contribution in [-0.4, -0.2) is 18.2 Å². The number of rotatable bonds is 7. The van der Waals surface area contributed by atoms with Crippen molar-refractivity contribution in [3.05, 3.63) is 101 Å². The van der Waals surface area contributed by atoms with E-state index >= 15 is 4.39 Å². The van der Waals surface area contributed by atoms with E-state index in [4.69, 9.17) is 4.74 Å². The standard InChI is InChI=1S/C27H24FNO3/c1-17(19-8-5-9-21(15-19)32-2)29-16-18-13-20-7-3-4-10-22(20)25(14-18)23-11-6-12-24(26(23)28)27(30)31/h3-15,17,29H,16H2,1-2H3,(H,30,31). The molecule has 0 aromatic heterocycles. The zero-order valence-electron chi connectivity index (χ0n) is 17.9. The first-order valence-corrected chi connectivity index (χ1v) is 10.4. The number of nitrogens with one attached hydrogen (secondary N) is 1. The number of hydrogen-bond acceptors (Lipinski definition) is 3. The van der Waals surface area contributed by atoms with Gasteiger partial charge in [-0.3, -0.25) is 0 Å². The summed E-state index contributed by atoms with van der Waals surface area (Å²) in [5.41, 5.74) is 2.71. The van der Waals surface area contributed by atoms with Gasteiger partial charge in [-0.25, -0.2) is 9.18 Å². The highest BCUT2D eigenvalue weighted by Gasteiger charge is 2.17. The minimum absolute atomic E-state index is 0.0760. The molecule has 162 valence electrons. The third kappa shape index (κ3) is 4.34. The van der Waals surface area contributed by atoms with Crippen LogP contribution < -0.4 is 10.1 Å². The minimum atomic E-state index is -1.28. The van der Waals surface area contributed by atoms with Crippen molar-refractivity contribution < 1.29 is 19.0 Å². The van der Waals surface area contributed by atoms with Crippen molar-refractivity contribution in [1.82, 2.24) is 5.32 Å². The van der Waals surface area contributed by atoms with Crippen LogP contribution in [0.3, 0.4) is 0 Å². The van der Waals surface area contributed by atoms with Crippen molar-refractivity contribution in [2.45, 2.75) is 19.5 Å². The first-order valence-electron chi connectivity index (χ1n) is 10.4. The molecule has 0 aliphatic rings. The van der Waals surface area contributed by atoms with Gasteiger partial charge in [0.25, 0.3) is 0 Å². The molecule has 0 saturated carbocycles. The summed E-state index contributed by atoms with van der Waals surface area (Å²) in [5, 5.41) is 14.7. The Hall–Kier alpha value is -3.70. The Kier molecular flexibility index (Phi) is 6.19. The highest BCUT2D eigenvalue weighted by Crippen LogP contribution is 2.33. The maximum atomic E-state index is 15.1. The monoisotopic (exact) mass is 429 g/mol. The molecule has 4 aromatic carbocycles. The molecule has 0 heterocycles. The fraction of sp³-hybridized carbons (Fsp3) is 0.148. The fourth-order valence-electron chi connectivity index (χ4n) is 3.90. The van der Waals surface area contributed by atoms with Crippen LogP contribution in [-0.2, 0) is 6.54 Å². The van der Waals surface area contributed by atoms with E-state index in [1.807, 2.05) is 54.6 Å². The molecule has 0 amide bonds. The number of methoxy groups -OCH3 is 1. The first-order chi connectivity index (χ1) is 15.5. The van der Waals surface area contributed by atoms with Crippen LogP contribution in [0.15, 0.2) is 78.9 Å². The van der Waals surface area contributed by atoms with E-state index in [1.165, 1.54) is 6.07 Å². The first kappa shape index (κ1) is 21.5. The number of hydrogen-bond donors (Lipinski definition) is 2. The smallest absolute Gasteiger partial charge is 0.338 e.